The number of unbranched alkanes of at least 4 members (excludes halogenated alkanes) is 3. The lowest BCUT2D eigenvalue weighted by Gasteiger charge is -2.16. The van der Waals surface area contributed by atoms with Crippen molar-refractivity contribution < 1.29 is 0 Å². The molecule has 9 aromatic heterocycles. The van der Waals surface area contributed by atoms with Gasteiger partial charge < -0.3 is 4.57 Å². The Morgan fingerprint density at radius 2 is 0.740 bits per heavy atom. The highest BCUT2D eigenvalue weighted by Crippen LogP contribution is 2.50. The van der Waals surface area contributed by atoms with Crippen LogP contribution >= 0.6 is 91.5 Å². The number of aromatic nitrogens is 5. The average Bonchev–Trinajstić information content (AvgIpc) is 4.25. The van der Waals surface area contributed by atoms with Crippen LogP contribution in [0.3, 0.4) is 0 Å². The van der Waals surface area contributed by atoms with Gasteiger partial charge in [-0.3, -0.25) is 0 Å². The molecule has 5 nitrogen and oxygen atoms in total. The minimum atomic E-state index is 0.610. The Morgan fingerprint density at radius 3 is 1.14 bits per heavy atom. The van der Waals surface area contributed by atoms with Crippen LogP contribution in [0.4, 0.5) is 0 Å². The van der Waals surface area contributed by atoms with Gasteiger partial charge in [-0.2, -0.15) is 17.5 Å². The molecule has 0 fully saturated rings. The third-order valence-electron chi connectivity index (χ3n) is 15.2. The summed E-state index contributed by atoms with van der Waals surface area (Å²) in [5, 5.41) is 0. The van der Waals surface area contributed by atoms with E-state index in [-0.39, 0.29) is 0 Å². The standard InChI is InChI=1S/C60H65N5S8/c1-7-13-16-36(10-4)31-39-19-25-49(66-39)51-29-27-47(68-51)41-21-23-43(57-55(41)61-72-63-57)53-33-45-59(70-53)60-46(65(45)35-38(12-6)18-15-9-3)34-54(71-60)44-24-22-42(56-58(44)64-73-62-56)48-28-30-52(69-48)50-26-20-40(67-50)32-37(11-5)17-14-8-2/h19-30,33-34,36-38H,7-18,31-32,35H2,1-6H3. The van der Waals surface area contributed by atoms with E-state index in [1.807, 2.05) is 68.0 Å². The van der Waals surface area contributed by atoms with Crippen molar-refractivity contribution in [1.29, 1.82) is 0 Å². The van der Waals surface area contributed by atoms with E-state index >= 15 is 0 Å². The van der Waals surface area contributed by atoms with Crippen molar-refractivity contribution in [2.75, 3.05) is 0 Å². The second-order valence-electron chi connectivity index (χ2n) is 20.0. The topological polar surface area (TPSA) is 56.5 Å². The van der Waals surface area contributed by atoms with E-state index in [0.717, 1.165) is 40.4 Å². The highest BCUT2D eigenvalue weighted by atomic mass is 32.1. The molecular weight excluding hydrogens is 1050 g/mol. The summed E-state index contributed by atoms with van der Waals surface area (Å²) in [5.74, 6) is 2.16. The fourth-order valence-electron chi connectivity index (χ4n) is 10.7. The summed E-state index contributed by atoms with van der Waals surface area (Å²) in [6, 6.07) is 32.7. The average molecular weight is 1110 g/mol. The van der Waals surface area contributed by atoms with Gasteiger partial charge in [0.2, 0.25) is 0 Å². The van der Waals surface area contributed by atoms with Crippen molar-refractivity contribution in [3.8, 4) is 61.3 Å². The van der Waals surface area contributed by atoms with Gasteiger partial charge in [-0.05, 0) is 97.7 Å². The molecule has 13 heteroatoms. The van der Waals surface area contributed by atoms with Gasteiger partial charge in [0.05, 0.1) is 43.9 Å². The van der Waals surface area contributed by atoms with Gasteiger partial charge >= 0.3 is 0 Å². The first-order chi connectivity index (χ1) is 35.9. The lowest BCUT2D eigenvalue weighted by Crippen LogP contribution is -2.09. The van der Waals surface area contributed by atoms with E-state index in [2.05, 4.69) is 131 Å². The number of nitrogens with zero attached hydrogens (tertiary/aromatic N) is 5. The number of benzene rings is 2. The van der Waals surface area contributed by atoms with Crippen molar-refractivity contribution in [1.82, 2.24) is 22.1 Å². The molecule has 2 aromatic carbocycles. The Bertz CT molecular complexity index is 3370. The van der Waals surface area contributed by atoms with E-state index in [1.54, 1.807) is 0 Å². The van der Waals surface area contributed by atoms with Crippen LogP contribution in [0, 0.1) is 17.8 Å². The summed E-state index contributed by atoms with van der Waals surface area (Å²) in [4.78, 5) is 13.4. The molecule has 0 aliphatic rings. The zero-order valence-electron chi connectivity index (χ0n) is 42.9. The molecule has 3 unspecified atom stereocenters. The van der Waals surface area contributed by atoms with Crippen LogP contribution in [-0.2, 0) is 19.4 Å². The minimum absolute atomic E-state index is 0.610. The van der Waals surface area contributed by atoms with Gasteiger partial charge in [-0.1, -0.05) is 136 Å². The van der Waals surface area contributed by atoms with Gasteiger partial charge in [0.25, 0.3) is 0 Å². The first-order valence-electron chi connectivity index (χ1n) is 26.8. The Hall–Kier alpha value is -3.92. The highest BCUT2D eigenvalue weighted by molar-refractivity contribution is 7.30. The third-order valence-corrected chi connectivity index (χ3v) is 23.6. The van der Waals surface area contributed by atoms with E-state index in [9.17, 15) is 0 Å². The van der Waals surface area contributed by atoms with Crippen molar-refractivity contribution in [2.45, 2.75) is 138 Å². The summed E-state index contributed by atoms with van der Waals surface area (Å²) in [7, 11) is 0. The lowest BCUT2D eigenvalue weighted by atomic mass is 9.95. The molecule has 11 rings (SSSR count). The Labute approximate surface area is 463 Å². The Balaban J connectivity index is 0.905. The van der Waals surface area contributed by atoms with Crippen LogP contribution in [0.2, 0.25) is 0 Å². The molecule has 0 amide bonds. The molecule has 11 aromatic rings. The van der Waals surface area contributed by atoms with Gasteiger partial charge in [-0.25, -0.2) is 0 Å². The van der Waals surface area contributed by atoms with Crippen molar-refractivity contribution >= 4 is 134 Å². The second-order valence-corrected chi connectivity index (χ2v) is 27.7. The van der Waals surface area contributed by atoms with Crippen LogP contribution < -0.4 is 0 Å². The number of rotatable bonds is 24. The SMILES string of the molecule is CCCCC(CC)Cc1ccc(-c2ccc(-c3ccc(-c4cc5c(s4)c4sc(-c6ccc(-c7ccc(-c8ccc(CC(CC)CCCC)s8)s7)c7nsnc67)cc4n5CC(CC)CCCC)c4nsnc34)s2)s1. The Morgan fingerprint density at radius 1 is 0.384 bits per heavy atom. The number of thiophene rings is 6. The zero-order valence-corrected chi connectivity index (χ0v) is 49.5. The molecule has 0 aliphatic carbocycles. The summed E-state index contributed by atoms with van der Waals surface area (Å²) >= 11 is 14.2. The predicted molar refractivity (Wildman–Crippen MR) is 329 cm³/mol. The monoisotopic (exact) mass is 1110 g/mol. The highest BCUT2D eigenvalue weighted by Gasteiger charge is 2.25. The van der Waals surface area contributed by atoms with Crippen molar-refractivity contribution in [2.24, 2.45) is 17.8 Å². The molecular formula is C60H65N5S8. The van der Waals surface area contributed by atoms with E-state index < -0.39 is 0 Å². The minimum Gasteiger partial charge on any atom is -0.339 e. The van der Waals surface area contributed by atoms with E-state index in [4.69, 9.17) is 17.5 Å². The van der Waals surface area contributed by atoms with Crippen LogP contribution in [0.25, 0.3) is 104 Å². The fourth-order valence-corrected chi connectivity index (χ4v) is 18.9. The molecule has 0 saturated carbocycles. The quantitative estimate of drug-likeness (QED) is 0.0605. The van der Waals surface area contributed by atoms with Crippen molar-refractivity contribution in [3.63, 3.8) is 0 Å². The molecule has 378 valence electrons. The van der Waals surface area contributed by atoms with Crippen molar-refractivity contribution in [3.05, 3.63) is 94.7 Å². The molecule has 73 heavy (non-hydrogen) atoms. The summed E-state index contributed by atoms with van der Waals surface area (Å²) in [6.45, 7) is 15.0. The first kappa shape index (κ1) is 51.2. The maximum atomic E-state index is 5.00. The Kier molecular flexibility index (Phi) is 16.2. The number of hydrogen-bond donors (Lipinski definition) is 0. The summed E-state index contributed by atoms with van der Waals surface area (Å²) < 4.78 is 25.3. The zero-order chi connectivity index (χ0) is 50.0. The van der Waals surface area contributed by atoms with Gasteiger partial charge in [0, 0.05) is 77.6 Å². The molecule has 0 saturated heterocycles. The molecule has 0 aliphatic heterocycles. The molecule has 9 heterocycles. The van der Waals surface area contributed by atoms with Crippen LogP contribution in [0.5, 0.6) is 0 Å². The van der Waals surface area contributed by atoms with Crippen LogP contribution in [0.15, 0.2) is 84.9 Å². The van der Waals surface area contributed by atoms with Gasteiger partial charge in [0.15, 0.2) is 0 Å². The largest absolute Gasteiger partial charge is 0.339 e. The number of fused-ring (bicyclic) bond motifs is 5. The first-order valence-corrected chi connectivity index (χ1v) is 33.2. The lowest BCUT2D eigenvalue weighted by molar-refractivity contribution is 0.401. The molecule has 0 radical (unpaired) electrons. The normalized spacial score (nSPS) is 13.5. The van der Waals surface area contributed by atoms with Crippen LogP contribution in [0.1, 0.15) is 128 Å². The molecule has 3 atom stereocenters. The summed E-state index contributed by atoms with van der Waals surface area (Å²) in [6.07, 6.45) is 17.6. The fraction of sp³-hybridized carbons (Fsp3) is 0.400. The van der Waals surface area contributed by atoms with Crippen LogP contribution in [-0.4, -0.2) is 22.1 Å². The smallest absolute Gasteiger partial charge is 0.114 e. The maximum Gasteiger partial charge on any atom is 0.114 e. The molecule has 0 N–H and O–H groups in total. The molecule has 0 bridgehead atoms. The maximum absolute atomic E-state index is 5.00. The third kappa shape index (κ3) is 10.5. The second kappa shape index (κ2) is 23.1. The van der Waals surface area contributed by atoms with Gasteiger partial charge in [-0.15, -0.1) is 68.0 Å². The summed E-state index contributed by atoms with van der Waals surface area (Å²) in [5.41, 5.74) is 11.4. The van der Waals surface area contributed by atoms with E-state index in [0.29, 0.717) is 5.92 Å². The predicted octanol–water partition coefficient (Wildman–Crippen LogP) is 21.9. The van der Waals surface area contributed by atoms with E-state index in [1.165, 1.54) is 205 Å². The van der Waals surface area contributed by atoms with Gasteiger partial charge in [0.1, 0.15) is 22.1 Å². The number of hydrogen-bond acceptors (Lipinski definition) is 12. The molecule has 0 spiro atoms.